The Kier molecular flexibility index (Phi) is 6.75. The Morgan fingerprint density at radius 2 is 1.66 bits per heavy atom. The van der Waals surface area contributed by atoms with Gasteiger partial charge in [0.2, 0.25) is 11.1 Å². The third-order valence-electron chi connectivity index (χ3n) is 4.76. The van der Waals surface area contributed by atoms with E-state index >= 15 is 0 Å². The predicted octanol–water partition coefficient (Wildman–Crippen LogP) is 5.76. The smallest absolute Gasteiger partial charge is 0.234 e. The summed E-state index contributed by atoms with van der Waals surface area (Å²) in [5, 5.41) is 10.9. The fourth-order valence-corrected chi connectivity index (χ4v) is 3.75. The molecule has 1 amide bonds. The van der Waals surface area contributed by atoms with Crippen LogP contribution in [0.25, 0.3) is 11.4 Å². The quantitative estimate of drug-likeness (QED) is 0.488. The van der Waals surface area contributed by atoms with Crippen LogP contribution >= 0.6 is 11.8 Å². The Morgan fingerprint density at radius 1 is 1.03 bits per heavy atom. The molecule has 3 aromatic rings. The normalized spacial score (nSPS) is 11.3. The van der Waals surface area contributed by atoms with Crippen molar-refractivity contribution in [1.29, 1.82) is 0 Å². The average Bonchev–Trinajstić information content (AvgIpc) is 3.15. The molecule has 0 radical (unpaired) electrons. The maximum Gasteiger partial charge on any atom is 0.234 e. The molecule has 0 atom stereocenters. The van der Waals surface area contributed by atoms with E-state index in [4.69, 9.17) is 0 Å². The molecule has 152 valence electrons. The molecule has 2 aromatic carbocycles. The van der Waals surface area contributed by atoms with Crippen molar-refractivity contribution >= 4 is 23.4 Å². The van der Waals surface area contributed by atoms with E-state index in [0.717, 1.165) is 22.4 Å². The average molecular weight is 409 g/mol. The van der Waals surface area contributed by atoms with E-state index in [2.05, 4.69) is 66.4 Å². The molecule has 0 fully saturated rings. The summed E-state index contributed by atoms with van der Waals surface area (Å²) in [6.07, 6.45) is 0. The highest BCUT2D eigenvalue weighted by Crippen LogP contribution is 2.32. The Labute approximate surface area is 176 Å². The molecule has 0 saturated heterocycles. The lowest BCUT2D eigenvalue weighted by molar-refractivity contribution is -0.113. The Balaban J connectivity index is 1.67. The monoisotopic (exact) mass is 408 g/mol. The Hall–Kier alpha value is -2.60. The van der Waals surface area contributed by atoms with E-state index in [1.54, 1.807) is 0 Å². The first-order valence-corrected chi connectivity index (χ1v) is 10.9. The second-order valence-corrected chi connectivity index (χ2v) is 8.73. The SMILES string of the molecule is Cc1ccc(-c2nc(SCC(=O)Nc3c(C(C)C)cccc3C(C)C)n[nH]2)cc1. The van der Waals surface area contributed by atoms with Crippen molar-refractivity contribution in [2.24, 2.45) is 0 Å². The number of aryl methyl sites for hydroxylation is 1. The number of nitrogens with one attached hydrogen (secondary N) is 2. The van der Waals surface area contributed by atoms with E-state index in [0.29, 0.717) is 22.8 Å². The molecule has 2 N–H and O–H groups in total. The van der Waals surface area contributed by atoms with Crippen molar-refractivity contribution in [2.45, 2.75) is 51.6 Å². The lowest BCUT2D eigenvalue weighted by Gasteiger charge is -2.20. The predicted molar refractivity (Wildman–Crippen MR) is 121 cm³/mol. The number of rotatable bonds is 7. The molecule has 0 aliphatic rings. The molecule has 0 saturated carbocycles. The van der Waals surface area contributed by atoms with Gasteiger partial charge in [0, 0.05) is 11.3 Å². The number of para-hydroxylation sites is 1. The largest absolute Gasteiger partial charge is 0.325 e. The summed E-state index contributed by atoms with van der Waals surface area (Å²) in [6.45, 7) is 10.6. The summed E-state index contributed by atoms with van der Waals surface area (Å²) in [5.74, 6) is 1.59. The Morgan fingerprint density at radius 3 is 2.24 bits per heavy atom. The van der Waals surface area contributed by atoms with Gasteiger partial charge in [-0.15, -0.1) is 5.10 Å². The van der Waals surface area contributed by atoms with Gasteiger partial charge in [-0.2, -0.15) is 0 Å². The standard InChI is InChI=1S/C23H28N4OS/c1-14(2)18-7-6-8-19(15(3)4)21(18)24-20(28)13-29-23-25-22(26-27-23)17-11-9-16(5)10-12-17/h6-12,14-15H,13H2,1-5H3,(H,24,28)(H,25,26,27). The fourth-order valence-electron chi connectivity index (χ4n) is 3.15. The summed E-state index contributed by atoms with van der Waals surface area (Å²) >= 11 is 1.33. The molecule has 6 heteroatoms. The summed E-state index contributed by atoms with van der Waals surface area (Å²) in [7, 11) is 0. The third kappa shape index (κ3) is 5.26. The van der Waals surface area contributed by atoms with E-state index in [-0.39, 0.29) is 11.7 Å². The molecular weight excluding hydrogens is 380 g/mol. The fraction of sp³-hybridized carbons (Fsp3) is 0.348. The zero-order chi connectivity index (χ0) is 21.0. The van der Waals surface area contributed by atoms with Crippen molar-refractivity contribution in [2.75, 3.05) is 11.1 Å². The lowest BCUT2D eigenvalue weighted by atomic mass is 9.92. The summed E-state index contributed by atoms with van der Waals surface area (Å²) < 4.78 is 0. The molecule has 0 unspecified atom stereocenters. The van der Waals surface area contributed by atoms with E-state index in [9.17, 15) is 4.79 Å². The molecule has 1 aromatic heterocycles. The third-order valence-corrected chi connectivity index (χ3v) is 5.61. The molecule has 3 rings (SSSR count). The minimum atomic E-state index is -0.0494. The summed E-state index contributed by atoms with van der Waals surface area (Å²) in [5.41, 5.74) is 5.44. The second kappa shape index (κ2) is 9.27. The van der Waals surface area contributed by atoms with Crippen LogP contribution in [-0.2, 0) is 4.79 Å². The number of hydrogen-bond donors (Lipinski definition) is 2. The number of hydrogen-bond acceptors (Lipinski definition) is 4. The van der Waals surface area contributed by atoms with Crippen molar-refractivity contribution in [3.63, 3.8) is 0 Å². The van der Waals surface area contributed by atoms with Crippen LogP contribution in [-0.4, -0.2) is 26.8 Å². The van der Waals surface area contributed by atoms with Gasteiger partial charge in [0.05, 0.1) is 5.75 Å². The van der Waals surface area contributed by atoms with E-state index < -0.39 is 0 Å². The number of carbonyl (C=O) groups is 1. The van der Waals surface area contributed by atoms with Gasteiger partial charge in [0.1, 0.15) is 0 Å². The second-order valence-electron chi connectivity index (χ2n) is 7.79. The van der Waals surface area contributed by atoms with Gasteiger partial charge in [-0.25, -0.2) is 4.98 Å². The first-order valence-electron chi connectivity index (χ1n) is 9.90. The minimum absolute atomic E-state index is 0.0494. The van der Waals surface area contributed by atoms with Crippen molar-refractivity contribution in [3.05, 3.63) is 59.2 Å². The number of thioether (sulfide) groups is 1. The molecule has 0 aliphatic carbocycles. The molecule has 0 aliphatic heterocycles. The number of H-pyrrole nitrogens is 1. The van der Waals surface area contributed by atoms with Gasteiger partial charge in [-0.05, 0) is 29.9 Å². The zero-order valence-electron chi connectivity index (χ0n) is 17.6. The summed E-state index contributed by atoms with van der Waals surface area (Å²) in [4.78, 5) is 17.1. The molecule has 0 spiro atoms. The lowest BCUT2D eigenvalue weighted by Crippen LogP contribution is -2.17. The maximum atomic E-state index is 12.7. The van der Waals surface area contributed by atoms with Crippen LogP contribution in [0.5, 0.6) is 0 Å². The highest BCUT2D eigenvalue weighted by atomic mass is 32.2. The minimum Gasteiger partial charge on any atom is -0.325 e. The van der Waals surface area contributed by atoms with Crippen LogP contribution in [0.2, 0.25) is 0 Å². The van der Waals surface area contributed by atoms with E-state index in [1.165, 1.54) is 17.3 Å². The van der Waals surface area contributed by atoms with Crippen LogP contribution in [0.3, 0.4) is 0 Å². The summed E-state index contributed by atoms with van der Waals surface area (Å²) in [6, 6.07) is 14.3. The van der Waals surface area contributed by atoms with Crippen molar-refractivity contribution < 1.29 is 4.79 Å². The van der Waals surface area contributed by atoms with Crippen LogP contribution in [0.15, 0.2) is 47.6 Å². The van der Waals surface area contributed by atoms with Crippen LogP contribution in [0, 0.1) is 6.92 Å². The van der Waals surface area contributed by atoms with Crippen LogP contribution < -0.4 is 5.32 Å². The van der Waals surface area contributed by atoms with Gasteiger partial charge in [-0.3, -0.25) is 9.89 Å². The maximum absolute atomic E-state index is 12.7. The molecular formula is C23H28N4OS. The van der Waals surface area contributed by atoms with Gasteiger partial charge in [0.25, 0.3) is 0 Å². The van der Waals surface area contributed by atoms with Gasteiger partial charge in [0.15, 0.2) is 5.82 Å². The van der Waals surface area contributed by atoms with Gasteiger partial charge >= 0.3 is 0 Å². The zero-order valence-corrected chi connectivity index (χ0v) is 18.4. The topological polar surface area (TPSA) is 70.7 Å². The first kappa shape index (κ1) is 21.1. The number of amides is 1. The highest BCUT2D eigenvalue weighted by Gasteiger charge is 2.16. The first-order chi connectivity index (χ1) is 13.8. The molecule has 29 heavy (non-hydrogen) atoms. The van der Waals surface area contributed by atoms with E-state index in [1.807, 2.05) is 31.2 Å². The number of anilines is 1. The van der Waals surface area contributed by atoms with Gasteiger partial charge < -0.3 is 5.32 Å². The highest BCUT2D eigenvalue weighted by molar-refractivity contribution is 7.99. The number of nitrogens with zero attached hydrogens (tertiary/aromatic N) is 2. The number of aromatic amines is 1. The van der Waals surface area contributed by atoms with Crippen molar-refractivity contribution in [3.8, 4) is 11.4 Å². The van der Waals surface area contributed by atoms with Gasteiger partial charge in [-0.1, -0.05) is 87.5 Å². The molecule has 1 heterocycles. The van der Waals surface area contributed by atoms with Crippen LogP contribution in [0.1, 0.15) is 56.2 Å². The number of benzene rings is 2. The number of aromatic nitrogens is 3. The number of carbonyl (C=O) groups excluding carboxylic acids is 1. The van der Waals surface area contributed by atoms with Crippen LogP contribution in [0.4, 0.5) is 5.69 Å². The molecule has 0 bridgehead atoms. The van der Waals surface area contributed by atoms with Crippen molar-refractivity contribution in [1.82, 2.24) is 15.2 Å². The Bertz CT molecular complexity index is 951. The molecule has 5 nitrogen and oxygen atoms in total.